The fourth-order valence-electron chi connectivity index (χ4n) is 6.69. The lowest BCUT2D eigenvalue weighted by atomic mass is 9.99. The quantitative estimate of drug-likeness (QED) is 0.0272. The van der Waals surface area contributed by atoms with Gasteiger partial charge in [0.05, 0.1) is 25.4 Å². The zero-order valence-corrected chi connectivity index (χ0v) is 35.4. The smallest absolute Gasteiger partial charge is 0.220 e. The van der Waals surface area contributed by atoms with Crippen molar-refractivity contribution in [3.05, 3.63) is 60.8 Å². The molecule has 1 rings (SSSR count). The first-order valence-corrected chi connectivity index (χ1v) is 22.5. The van der Waals surface area contributed by atoms with E-state index in [1.54, 1.807) is 6.08 Å². The average Bonchev–Trinajstić information content (AvgIpc) is 3.20. The standard InChI is InChI=1S/C47H83NO8/c1-3-5-7-9-11-13-15-16-17-18-19-20-21-22-23-24-25-26-27-29-31-33-35-37-43(51)48-40(39-55-47-46(54)45(53)44(52)42(38-49)56-47)41(50)36-34-32-30-28-14-12-10-8-6-4-2/h6,8,14,19-20,22-23,28,34,36,40-42,44-47,49-50,52-54H,3-5,7,9-13,15-18,21,24-27,29-33,35,37-39H2,1-2H3,(H,48,51)/b8-6+,20-19-,23-22-,28-14+,36-34+. The molecule has 0 spiro atoms. The van der Waals surface area contributed by atoms with Gasteiger partial charge >= 0.3 is 0 Å². The molecule has 0 aromatic carbocycles. The van der Waals surface area contributed by atoms with Gasteiger partial charge in [0.1, 0.15) is 24.4 Å². The Hall–Kier alpha value is -2.11. The number of allylic oxidation sites excluding steroid dienone is 9. The zero-order valence-electron chi connectivity index (χ0n) is 35.4. The number of hydrogen-bond donors (Lipinski definition) is 6. The van der Waals surface area contributed by atoms with Gasteiger partial charge in [0.15, 0.2) is 6.29 Å². The fourth-order valence-corrected chi connectivity index (χ4v) is 6.69. The summed E-state index contributed by atoms with van der Waals surface area (Å²) in [6.07, 6.45) is 41.4. The predicted molar refractivity (Wildman–Crippen MR) is 230 cm³/mol. The van der Waals surface area contributed by atoms with Gasteiger partial charge in [-0.05, 0) is 70.6 Å². The molecule has 9 nitrogen and oxygen atoms in total. The minimum atomic E-state index is -1.58. The van der Waals surface area contributed by atoms with Crippen LogP contribution in [0.25, 0.3) is 0 Å². The topological polar surface area (TPSA) is 149 Å². The van der Waals surface area contributed by atoms with Gasteiger partial charge in [0.25, 0.3) is 0 Å². The first-order chi connectivity index (χ1) is 27.3. The maximum absolute atomic E-state index is 12.9. The zero-order chi connectivity index (χ0) is 40.9. The molecule has 6 N–H and O–H groups in total. The molecule has 1 aliphatic heterocycles. The van der Waals surface area contributed by atoms with Crippen molar-refractivity contribution in [1.29, 1.82) is 0 Å². The molecule has 324 valence electrons. The van der Waals surface area contributed by atoms with E-state index in [9.17, 15) is 30.3 Å². The van der Waals surface area contributed by atoms with E-state index in [0.717, 1.165) is 70.6 Å². The second-order valence-corrected chi connectivity index (χ2v) is 15.4. The minimum Gasteiger partial charge on any atom is -0.394 e. The normalized spacial score (nSPS) is 21.7. The van der Waals surface area contributed by atoms with Crippen molar-refractivity contribution in [1.82, 2.24) is 5.32 Å². The molecule has 7 unspecified atom stereocenters. The molecule has 1 aliphatic rings. The van der Waals surface area contributed by atoms with E-state index in [1.165, 1.54) is 83.5 Å². The van der Waals surface area contributed by atoms with Crippen molar-refractivity contribution in [3.63, 3.8) is 0 Å². The summed E-state index contributed by atoms with van der Waals surface area (Å²) in [6.45, 7) is 3.60. The highest BCUT2D eigenvalue weighted by molar-refractivity contribution is 5.76. The van der Waals surface area contributed by atoms with Crippen LogP contribution >= 0.6 is 0 Å². The molecule has 0 radical (unpaired) electrons. The molecule has 1 saturated heterocycles. The SMILES string of the molecule is CC/C=C/CC/C=C/CC/C=C/C(O)C(COC1OC(CO)C(O)C(O)C1O)NC(=O)CCCCCCCCC/C=C\C/C=C\CCCCCCCCCCC. The molecule has 56 heavy (non-hydrogen) atoms. The first kappa shape index (κ1) is 51.9. The number of hydrogen-bond acceptors (Lipinski definition) is 8. The van der Waals surface area contributed by atoms with Crippen LogP contribution in [0.4, 0.5) is 0 Å². The second kappa shape index (κ2) is 37.2. The highest BCUT2D eigenvalue weighted by Crippen LogP contribution is 2.22. The van der Waals surface area contributed by atoms with Gasteiger partial charge in [-0.1, -0.05) is 158 Å². The number of amides is 1. The third kappa shape index (κ3) is 27.5. The van der Waals surface area contributed by atoms with Crippen molar-refractivity contribution < 1.29 is 39.8 Å². The molecular weight excluding hydrogens is 707 g/mol. The summed E-state index contributed by atoms with van der Waals surface area (Å²) in [5, 5.41) is 54.0. The van der Waals surface area contributed by atoms with Gasteiger partial charge < -0.3 is 40.3 Å². The van der Waals surface area contributed by atoms with Crippen LogP contribution in [0, 0.1) is 0 Å². The summed E-state index contributed by atoms with van der Waals surface area (Å²) in [5.74, 6) is -0.204. The number of carbonyl (C=O) groups excluding carboxylic acids is 1. The van der Waals surface area contributed by atoms with Crippen molar-refractivity contribution in [3.8, 4) is 0 Å². The minimum absolute atomic E-state index is 0.204. The Morgan fingerprint density at radius 2 is 1.12 bits per heavy atom. The molecule has 1 fully saturated rings. The van der Waals surface area contributed by atoms with Crippen LogP contribution in [-0.2, 0) is 14.3 Å². The molecule has 0 aromatic rings. The van der Waals surface area contributed by atoms with Gasteiger partial charge in [-0.25, -0.2) is 0 Å². The van der Waals surface area contributed by atoms with Crippen molar-refractivity contribution in [2.24, 2.45) is 0 Å². The molecule has 0 aliphatic carbocycles. The van der Waals surface area contributed by atoms with Crippen LogP contribution < -0.4 is 5.32 Å². The van der Waals surface area contributed by atoms with Crippen LogP contribution in [0.1, 0.15) is 174 Å². The molecule has 1 amide bonds. The lowest BCUT2D eigenvalue weighted by Gasteiger charge is -2.40. The second-order valence-electron chi connectivity index (χ2n) is 15.4. The van der Waals surface area contributed by atoms with Crippen LogP contribution in [0.3, 0.4) is 0 Å². The predicted octanol–water partition coefficient (Wildman–Crippen LogP) is 9.22. The van der Waals surface area contributed by atoms with Crippen molar-refractivity contribution in [2.75, 3.05) is 13.2 Å². The van der Waals surface area contributed by atoms with Crippen LogP contribution in [0.2, 0.25) is 0 Å². The summed E-state index contributed by atoms with van der Waals surface area (Å²) < 4.78 is 11.1. The molecule has 0 aromatic heterocycles. The van der Waals surface area contributed by atoms with E-state index < -0.39 is 49.5 Å². The molecule has 0 bridgehead atoms. The summed E-state index contributed by atoms with van der Waals surface area (Å²) in [7, 11) is 0. The highest BCUT2D eigenvalue weighted by Gasteiger charge is 2.44. The molecule has 9 heteroatoms. The maximum Gasteiger partial charge on any atom is 0.220 e. The van der Waals surface area contributed by atoms with E-state index >= 15 is 0 Å². The van der Waals surface area contributed by atoms with Crippen LogP contribution in [0.5, 0.6) is 0 Å². The first-order valence-electron chi connectivity index (χ1n) is 22.5. The Labute approximate surface area is 341 Å². The molecular formula is C47H83NO8. The number of ether oxygens (including phenoxy) is 2. The maximum atomic E-state index is 12.9. The van der Waals surface area contributed by atoms with E-state index in [2.05, 4.69) is 67.8 Å². The number of rotatable bonds is 36. The Bertz CT molecular complexity index is 1060. The van der Waals surface area contributed by atoms with Gasteiger partial charge in [-0.2, -0.15) is 0 Å². The summed E-state index contributed by atoms with van der Waals surface area (Å²) in [6, 6.07) is -0.832. The molecule has 7 atom stereocenters. The summed E-state index contributed by atoms with van der Waals surface area (Å²) in [4.78, 5) is 12.9. The number of aliphatic hydroxyl groups is 5. The van der Waals surface area contributed by atoms with Crippen LogP contribution in [-0.4, -0.2) is 87.5 Å². The lowest BCUT2D eigenvalue weighted by molar-refractivity contribution is -0.302. The van der Waals surface area contributed by atoms with E-state index in [1.807, 2.05) is 6.08 Å². The largest absolute Gasteiger partial charge is 0.394 e. The summed E-state index contributed by atoms with van der Waals surface area (Å²) in [5.41, 5.74) is 0. The van der Waals surface area contributed by atoms with Gasteiger partial charge in [0.2, 0.25) is 5.91 Å². The molecule has 1 heterocycles. The number of unbranched alkanes of at least 4 members (excludes halogenated alkanes) is 18. The third-order valence-electron chi connectivity index (χ3n) is 10.3. The lowest BCUT2D eigenvalue weighted by Crippen LogP contribution is -2.60. The fraction of sp³-hybridized carbons (Fsp3) is 0.766. The van der Waals surface area contributed by atoms with E-state index in [-0.39, 0.29) is 12.5 Å². The summed E-state index contributed by atoms with van der Waals surface area (Å²) >= 11 is 0. The monoisotopic (exact) mass is 790 g/mol. The number of carbonyl (C=O) groups is 1. The van der Waals surface area contributed by atoms with Gasteiger partial charge in [-0.3, -0.25) is 4.79 Å². The van der Waals surface area contributed by atoms with Gasteiger partial charge in [-0.15, -0.1) is 0 Å². The van der Waals surface area contributed by atoms with E-state index in [4.69, 9.17) is 9.47 Å². The van der Waals surface area contributed by atoms with Crippen molar-refractivity contribution >= 4 is 5.91 Å². The number of aliphatic hydroxyl groups excluding tert-OH is 5. The van der Waals surface area contributed by atoms with Gasteiger partial charge in [0, 0.05) is 6.42 Å². The van der Waals surface area contributed by atoms with Crippen LogP contribution in [0.15, 0.2) is 60.8 Å². The van der Waals surface area contributed by atoms with E-state index in [0.29, 0.717) is 6.42 Å². The Kier molecular flexibility index (Phi) is 34.5. The van der Waals surface area contributed by atoms with Crippen molar-refractivity contribution in [2.45, 2.75) is 217 Å². The molecule has 0 saturated carbocycles. The average molecular weight is 790 g/mol. The highest BCUT2D eigenvalue weighted by atomic mass is 16.7. The Balaban J connectivity index is 2.30. The third-order valence-corrected chi connectivity index (χ3v) is 10.3. The Morgan fingerprint density at radius 3 is 1.68 bits per heavy atom. The Morgan fingerprint density at radius 1 is 0.625 bits per heavy atom. The number of nitrogens with one attached hydrogen (secondary N) is 1.